The van der Waals surface area contributed by atoms with E-state index in [1.807, 2.05) is 6.07 Å². The maximum absolute atomic E-state index is 13.1. The summed E-state index contributed by atoms with van der Waals surface area (Å²) in [6, 6.07) is 5.32. The first kappa shape index (κ1) is 13.6. The SMILES string of the molecule is COC(=O)CNC(C#N)c1cc(F)cc(Br)c1. The Balaban J connectivity index is 2.80. The number of esters is 1. The molecule has 1 aromatic rings. The lowest BCUT2D eigenvalue weighted by atomic mass is 10.1. The average Bonchev–Trinajstić information content (AvgIpc) is 2.28. The Labute approximate surface area is 107 Å². The van der Waals surface area contributed by atoms with Crippen molar-refractivity contribution in [1.82, 2.24) is 5.32 Å². The lowest BCUT2D eigenvalue weighted by Gasteiger charge is -2.11. The number of carbonyl (C=O) groups is 1. The molecule has 0 aromatic heterocycles. The molecule has 0 radical (unpaired) electrons. The number of nitriles is 1. The van der Waals surface area contributed by atoms with E-state index in [2.05, 4.69) is 26.0 Å². The third kappa shape index (κ3) is 4.13. The summed E-state index contributed by atoms with van der Waals surface area (Å²) in [6.07, 6.45) is 0. The highest BCUT2D eigenvalue weighted by molar-refractivity contribution is 9.10. The first-order chi connectivity index (χ1) is 8.06. The average molecular weight is 301 g/mol. The van der Waals surface area contributed by atoms with Gasteiger partial charge >= 0.3 is 5.97 Å². The number of nitrogens with one attached hydrogen (secondary N) is 1. The molecule has 1 atom stereocenters. The molecule has 90 valence electrons. The Hall–Kier alpha value is -1.45. The molecular weight excluding hydrogens is 291 g/mol. The third-order valence-electron chi connectivity index (χ3n) is 2.03. The molecule has 1 N–H and O–H groups in total. The van der Waals surface area contributed by atoms with Gasteiger partial charge in [0.1, 0.15) is 11.9 Å². The molecule has 0 fully saturated rings. The predicted molar refractivity (Wildman–Crippen MR) is 62.5 cm³/mol. The lowest BCUT2D eigenvalue weighted by molar-refractivity contribution is -0.139. The molecule has 17 heavy (non-hydrogen) atoms. The van der Waals surface area contributed by atoms with Gasteiger partial charge in [0.15, 0.2) is 0 Å². The Morgan fingerprint density at radius 3 is 2.88 bits per heavy atom. The normalized spacial score (nSPS) is 11.6. The van der Waals surface area contributed by atoms with Gasteiger partial charge < -0.3 is 4.74 Å². The van der Waals surface area contributed by atoms with Crippen molar-refractivity contribution in [3.8, 4) is 6.07 Å². The van der Waals surface area contributed by atoms with Crippen LogP contribution in [0.2, 0.25) is 0 Å². The molecule has 6 heteroatoms. The van der Waals surface area contributed by atoms with Crippen LogP contribution < -0.4 is 5.32 Å². The van der Waals surface area contributed by atoms with Crippen LogP contribution in [0.5, 0.6) is 0 Å². The van der Waals surface area contributed by atoms with Crippen LogP contribution in [0.15, 0.2) is 22.7 Å². The van der Waals surface area contributed by atoms with E-state index < -0.39 is 17.8 Å². The number of halogens is 2. The number of hydrogen-bond acceptors (Lipinski definition) is 4. The van der Waals surface area contributed by atoms with Crippen LogP contribution in [0, 0.1) is 17.1 Å². The summed E-state index contributed by atoms with van der Waals surface area (Å²) in [4.78, 5) is 10.9. The van der Waals surface area contributed by atoms with E-state index in [1.54, 1.807) is 6.07 Å². The molecule has 0 saturated heterocycles. The zero-order valence-electron chi connectivity index (χ0n) is 9.04. The van der Waals surface area contributed by atoms with Crippen molar-refractivity contribution in [3.63, 3.8) is 0 Å². The quantitative estimate of drug-likeness (QED) is 0.863. The van der Waals surface area contributed by atoms with E-state index in [-0.39, 0.29) is 6.54 Å². The minimum absolute atomic E-state index is 0.108. The zero-order valence-corrected chi connectivity index (χ0v) is 10.6. The highest BCUT2D eigenvalue weighted by Crippen LogP contribution is 2.19. The second-order valence-corrected chi connectivity index (χ2v) is 4.14. The Bertz CT molecular complexity index is 439. The molecule has 0 heterocycles. The van der Waals surface area contributed by atoms with Crippen molar-refractivity contribution in [3.05, 3.63) is 34.1 Å². The monoisotopic (exact) mass is 300 g/mol. The molecular formula is C11H10BrFN2O2. The van der Waals surface area contributed by atoms with E-state index in [9.17, 15) is 9.18 Å². The maximum Gasteiger partial charge on any atom is 0.319 e. The van der Waals surface area contributed by atoms with E-state index in [0.717, 1.165) is 0 Å². The highest BCUT2D eigenvalue weighted by Gasteiger charge is 2.13. The smallest absolute Gasteiger partial charge is 0.319 e. The molecule has 0 amide bonds. The zero-order chi connectivity index (χ0) is 12.8. The second kappa shape index (κ2) is 6.33. The molecule has 1 rings (SSSR count). The number of nitrogens with zero attached hydrogens (tertiary/aromatic N) is 1. The van der Waals surface area contributed by atoms with Crippen molar-refractivity contribution in [2.24, 2.45) is 0 Å². The van der Waals surface area contributed by atoms with Crippen LogP contribution in [0.3, 0.4) is 0 Å². The number of benzene rings is 1. The summed E-state index contributed by atoms with van der Waals surface area (Å²) in [5, 5.41) is 11.6. The van der Waals surface area contributed by atoms with Gasteiger partial charge in [-0.3, -0.25) is 10.1 Å². The van der Waals surface area contributed by atoms with E-state index in [0.29, 0.717) is 10.0 Å². The van der Waals surface area contributed by atoms with Crippen LogP contribution in [-0.4, -0.2) is 19.6 Å². The minimum atomic E-state index is -0.763. The summed E-state index contributed by atoms with van der Waals surface area (Å²) in [6.45, 7) is -0.108. The molecule has 0 bridgehead atoms. The van der Waals surface area contributed by atoms with Crippen molar-refractivity contribution < 1.29 is 13.9 Å². The van der Waals surface area contributed by atoms with Crippen molar-refractivity contribution in [2.75, 3.05) is 13.7 Å². The van der Waals surface area contributed by atoms with E-state index >= 15 is 0 Å². The highest BCUT2D eigenvalue weighted by atomic mass is 79.9. The van der Waals surface area contributed by atoms with Crippen molar-refractivity contribution in [1.29, 1.82) is 5.26 Å². The Kier molecular flexibility index (Phi) is 5.07. The molecule has 0 aliphatic carbocycles. The first-order valence-electron chi connectivity index (χ1n) is 4.72. The van der Waals surface area contributed by atoms with Gasteiger partial charge in [0.2, 0.25) is 0 Å². The van der Waals surface area contributed by atoms with Crippen LogP contribution in [0.25, 0.3) is 0 Å². The largest absolute Gasteiger partial charge is 0.468 e. The van der Waals surface area contributed by atoms with Crippen LogP contribution in [0.1, 0.15) is 11.6 Å². The summed E-state index contributed by atoms with van der Waals surface area (Å²) in [5.41, 5.74) is 0.447. The van der Waals surface area contributed by atoms with Gasteiger partial charge in [-0.2, -0.15) is 5.26 Å². The molecule has 0 aliphatic rings. The molecule has 0 saturated carbocycles. The van der Waals surface area contributed by atoms with Gasteiger partial charge in [-0.1, -0.05) is 15.9 Å². The van der Waals surface area contributed by atoms with Crippen LogP contribution in [0.4, 0.5) is 4.39 Å². The fourth-order valence-corrected chi connectivity index (χ4v) is 1.72. The number of methoxy groups -OCH3 is 1. The van der Waals surface area contributed by atoms with Crippen molar-refractivity contribution >= 4 is 21.9 Å². The minimum Gasteiger partial charge on any atom is -0.468 e. The van der Waals surface area contributed by atoms with Gasteiger partial charge in [-0.25, -0.2) is 4.39 Å². The molecule has 4 nitrogen and oxygen atoms in total. The Morgan fingerprint density at radius 1 is 1.65 bits per heavy atom. The number of rotatable bonds is 4. The van der Waals surface area contributed by atoms with Gasteiger partial charge in [0.05, 0.1) is 19.7 Å². The van der Waals surface area contributed by atoms with Gasteiger partial charge in [0.25, 0.3) is 0 Å². The molecule has 0 aliphatic heterocycles. The number of ether oxygens (including phenoxy) is 1. The maximum atomic E-state index is 13.1. The van der Waals surface area contributed by atoms with E-state index in [4.69, 9.17) is 5.26 Å². The van der Waals surface area contributed by atoms with Gasteiger partial charge in [-0.05, 0) is 23.8 Å². The molecule has 1 aromatic carbocycles. The Morgan fingerprint density at radius 2 is 2.35 bits per heavy atom. The molecule has 1 unspecified atom stereocenters. The van der Waals surface area contributed by atoms with Gasteiger partial charge in [-0.15, -0.1) is 0 Å². The predicted octanol–water partition coefficient (Wildman–Crippen LogP) is 1.92. The number of hydrogen-bond donors (Lipinski definition) is 1. The number of carbonyl (C=O) groups excluding carboxylic acids is 1. The first-order valence-corrected chi connectivity index (χ1v) is 5.52. The fourth-order valence-electron chi connectivity index (χ4n) is 1.24. The summed E-state index contributed by atoms with van der Waals surface area (Å²) in [5.74, 6) is -0.935. The fraction of sp³-hybridized carbons (Fsp3) is 0.273. The van der Waals surface area contributed by atoms with Crippen LogP contribution >= 0.6 is 15.9 Å². The van der Waals surface area contributed by atoms with Crippen LogP contribution in [-0.2, 0) is 9.53 Å². The summed E-state index contributed by atoms with van der Waals surface area (Å²) >= 11 is 3.14. The summed E-state index contributed by atoms with van der Waals surface area (Å²) < 4.78 is 18.1. The summed E-state index contributed by atoms with van der Waals surface area (Å²) in [7, 11) is 1.25. The van der Waals surface area contributed by atoms with E-state index in [1.165, 1.54) is 19.2 Å². The standard InChI is InChI=1S/C11H10BrFN2O2/c1-17-11(16)6-15-10(5-14)7-2-8(12)4-9(13)3-7/h2-4,10,15H,6H2,1H3. The van der Waals surface area contributed by atoms with Crippen molar-refractivity contribution in [2.45, 2.75) is 6.04 Å². The molecule has 0 spiro atoms. The second-order valence-electron chi connectivity index (χ2n) is 3.22. The topological polar surface area (TPSA) is 62.1 Å². The third-order valence-corrected chi connectivity index (χ3v) is 2.48. The van der Waals surface area contributed by atoms with Gasteiger partial charge in [0, 0.05) is 4.47 Å². The lowest BCUT2D eigenvalue weighted by Crippen LogP contribution is -2.27.